The minimum absolute atomic E-state index is 0.0930. The lowest BCUT2D eigenvalue weighted by Crippen LogP contribution is -2.48. The van der Waals surface area contributed by atoms with Crippen LogP contribution in [0.15, 0.2) is 0 Å². The maximum atomic E-state index is 11.5. The molecule has 6 heteroatoms. The lowest BCUT2D eigenvalue weighted by molar-refractivity contribution is -0.278. The molecule has 3 N–H and O–H groups in total. The highest BCUT2D eigenvalue weighted by atomic mass is 16.7. The molecule has 0 bridgehead atoms. The van der Waals surface area contributed by atoms with E-state index in [1.54, 1.807) is 13.8 Å². The second-order valence-corrected chi connectivity index (χ2v) is 12.1. The van der Waals surface area contributed by atoms with Crippen LogP contribution in [0.5, 0.6) is 0 Å². The Balaban J connectivity index is 2.16. The average molecular weight is 543 g/mol. The molecule has 7 atom stereocenters. The first-order valence-electron chi connectivity index (χ1n) is 16.2. The van der Waals surface area contributed by atoms with Gasteiger partial charge in [0, 0.05) is 6.42 Å². The van der Waals surface area contributed by atoms with Crippen LogP contribution in [0, 0.1) is 11.8 Å². The first kappa shape index (κ1) is 35.3. The molecule has 0 aliphatic carbocycles. The quantitative estimate of drug-likeness (QED) is 0.107. The molecule has 0 aromatic heterocycles. The van der Waals surface area contributed by atoms with Crippen molar-refractivity contribution in [3.8, 4) is 0 Å². The van der Waals surface area contributed by atoms with Crippen molar-refractivity contribution < 1.29 is 29.6 Å². The zero-order chi connectivity index (χ0) is 28.2. The zero-order valence-electron chi connectivity index (χ0n) is 25.2. The average Bonchev–Trinajstić information content (AvgIpc) is 2.88. The molecule has 1 rings (SSSR count). The molecule has 4 unspecified atom stereocenters. The predicted molar refractivity (Wildman–Crippen MR) is 155 cm³/mol. The van der Waals surface area contributed by atoms with Crippen molar-refractivity contribution in [2.45, 2.75) is 187 Å². The van der Waals surface area contributed by atoms with E-state index in [0.717, 1.165) is 19.3 Å². The van der Waals surface area contributed by atoms with Crippen LogP contribution in [-0.4, -0.2) is 52.0 Å². The van der Waals surface area contributed by atoms with Gasteiger partial charge < -0.3 is 24.8 Å². The van der Waals surface area contributed by atoms with Crippen LogP contribution < -0.4 is 0 Å². The van der Waals surface area contributed by atoms with Crippen LogP contribution in [0.3, 0.4) is 0 Å². The maximum Gasteiger partial charge on any atom is 0.306 e. The van der Waals surface area contributed by atoms with Gasteiger partial charge in [0.15, 0.2) is 6.29 Å². The van der Waals surface area contributed by atoms with E-state index in [-0.39, 0.29) is 18.4 Å². The number of unbranched alkanes of at least 4 members (excludes halogenated alkanes) is 16. The van der Waals surface area contributed by atoms with E-state index in [1.165, 1.54) is 96.3 Å². The van der Waals surface area contributed by atoms with Crippen molar-refractivity contribution in [3.05, 3.63) is 0 Å². The number of rotatable bonds is 24. The lowest BCUT2D eigenvalue weighted by atomic mass is 9.87. The minimum Gasteiger partial charge on any atom is -0.481 e. The standard InChI is InChI=1S/C32H62O6/c1-5-6-7-8-9-10-11-12-13-14-15-16-17-18-19-20-21-22-28(23-25(2)31(35)36)26(3)37-32-30(34)24-29(33)27(4)38-32/h25-30,32-34H,5-24H2,1-4H3,(H,35,36)/t25?,26-,27?,28?,29-,30?,32-/m1/s1. The molecule has 0 amide bonds. The minimum atomic E-state index is -0.874. The molecule has 0 spiro atoms. The molecule has 1 heterocycles. The summed E-state index contributed by atoms with van der Waals surface area (Å²) in [5.74, 6) is -1.12. The Bertz CT molecular complexity index is 570. The van der Waals surface area contributed by atoms with Crippen molar-refractivity contribution >= 4 is 5.97 Å². The van der Waals surface area contributed by atoms with Gasteiger partial charge in [0.25, 0.3) is 0 Å². The van der Waals surface area contributed by atoms with Gasteiger partial charge in [0.1, 0.15) is 6.10 Å². The lowest BCUT2D eigenvalue weighted by Gasteiger charge is -2.38. The van der Waals surface area contributed by atoms with E-state index in [9.17, 15) is 20.1 Å². The second kappa shape index (κ2) is 22.1. The number of carbonyl (C=O) groups is 1. The highest BCUT2D eigenvalue weighted by Gasteiger charge is 2.36. The highest BCUT2D eigenvalue weighted by Crippen LogP contribution is 2.29. The van der Waals surface area contributed by atoms with Crippen LogP contribution >= 0.6 is 0 Å². The van der Waals surface area contributed by atoms with Crippen LogP contribution in [0.25, 0.3) is 0 Å². The summed E-state index contributed by atoms with van der Waals surface area (Å²) in [6.07, 6.45) is 21.5. The maximum absolute atomic E-state index is 11.5. The molecule has 1 fully saturated rings. The Kier molecular flexibility index (Phi) is 20.5. The molecule has 226 valence electrons. The van der Waals surface area contributed by atoms with Crippen molar-refractivity contribution in [1.29, 1.82) is 0 Å². The van der Waals surface area contributed by atoms with Crippen molar-refractivity contribution in [1.82, 2.24) is 0 Å². The normalized spacial score (nSPS) is 24.3. The van der Waals surface area contributed by atoms with Gasteiger partial charge in [0.05, 0.1) is 24.2 Å². The summed E-state index contributed by atoms with van der Waals surface area (Å²) >= 11 is 0. The summed E-state index contributed by atoms with van der Waals surface area (Å²) in [4.78, 5) is 11.5. The first-order chi connectivity index (χ1) is 18.3. The fraction of sp³-hybridized carbons (Fsp3) is 0.969. The molecular formula is C32H62O6. The van der Waals surface area contributed by atoms with Crippen LogP contribution in [0.2, 0.25) is 0 Å². The summed E-state index contributed by atoms with van der Waals surface area (Å²) in [6, 6.07) is 0. The molecule has 0 saturated carbocycles. The van der Waals surface area contributed by atoms with Crippen molar-refractivity contribution in [2.24, 2.45) is 11.8 Å². The predicted octanol–water partition coefficient (Wildman–Crippen LogP) is 8.02. The Morgan fingerprint density at radius 2 is 1.24 bits per heavy atom. The van der Waals surface area contributed by atoms with Gasteiger partial charge in [-0.2, -0.15) is 0 Å². The third-order valence-corrected chi connectivity index (χ3v) is 8.46. The van der Waals surface area contributed by atoms with Crippen LogP contribution in [0.1, 0.15) is 156 Å². The summed E-state index contributed by atoms with van der Waals surface area (Å²) in [5.41, 5.74) is 0. The SMILES string of the molecule is CCCCCCCCCCCCCCCCCCCC(CC(C)C(=O)O)[C@@H](C)O[C@@H]1OC(C)[C@H](O)CC1O. The molecule has 38 heavy (non-hydrogen) atoms. The van der Waals surface area contributed by atoms with Crippen LogP contribution in [0.4, 0.5) is 0 Å². The van der Waals surface area contributed by atoms with Gasteiger partial charge in [-0.15, -0.1) is 0 Å². The van der Waals surface area contributed by atoms with Gasteiger partial charge in [-0.05, 0) is 32.6 Å². The molecule has 0 aromatic carbocycles. The van der Waals surface area contributed by atoms with Gasteiger partial charge in [-0.1, -0.05) is 123 Å². The molecule has 0 aromatic rings. The third kappa shape index (κ3) is 16.4. The number of ether oxygens (including phenoxy) is 2. The second-order valence-electron chi connectivity index (χ2n) is 12.1. The Labute approximate surface area is 234 Å². The van der Waals surface area contributed by atoms with E-state index in [1.807, 2.05) is 6.92 Å². The van der Waals surface area contributed by atoms with Crippen molar-refractivity contribution in [3.63, 3.8) is 0 Å². The molecule has 1 saturated heterocycles. The van der Waals surface area contributed by atoms with E-state index in [0.29, 0.717) is 6.42 Å². The third-order valence-electron chi connectivity index (χ3n) is 8.46. The van der Waals surface area contributed by atoms with E-state index in [2.05, 4.69) is 6.92 Å². The van der Waals surface area contributed by atoms with E-state index in [4.69, 9.17) is 9.47 Å². The fourth-order valence-corrected chi connectivity index (χ4v) is 5.62. The Hall–Kier alpha value is -0.690. The Morgan fingerprint density at radius 3 is 1.68 bits per heavy atom. The number of hydrogen-bond acceptors (Lipinski definition) is 5. The number of carboxylic acid groups (broad SMARTS) is 1. The van der Waals surface area contributed by atoms with Crippen LogP contribution in [-0.2, 0) is 14.3 Å². The number of aliphatic carboxylic acids is 1. The monoisotopic (exact) mass is 542 g/mol. The summed E-state index contributed by atoms with van der Waals surface area (Å²) < 4.78 is 11.8. The molecule has 1 aliphatic heterocycles. The molecule has 0 radical (unpaired) electrons. The summed E-state index contributed by atoms with van der Waals surface area (Å²) in [6.45, 7) is 7.76. The number of aliphatic hydroxyl groups excluding tert-OH is 2. The molecule has 1 aliphatic rings. The van der Waals surface area contributed by atoms with Crippen molar-refractivity contribution in [2.75, 3.05) is 0 Å². The zero-order valence-corrected chi connectivity index (χ0v) is 25.2. The largest absolute Gasteiger partial charge is 0.481 e. The smallest absolute Gasteiger partial charge is 0.306 e. The van der Waals surface area contributed by atoms with Gasteiger partial charge in [-0.25, -0.2) is 0 Å². The van der Waals surface area contributed by atoms with E-state index >= 15 is 0 Å². The van der Waals surface area contributed by atoms with Gasteiger partial charge >= 0.3 is 5.97 Å². The topological polar surface area (TPSA) is 96.2 Å². The number of carboxylic acids is 1. The van der Waals surface area contributed by atoms with E-state index < -0.39 is 36.5 Å². The Morgan fingerprint density at radius 1 is 0.789 bits per heavy atom. The summed E-state index contributed by atoms with van der Waals surface area (Å²) in [7, 11) is 0. The number of hydrogen-bond donors (Lipinski definition) is 3. The van der Waals surface area contributed by atoms with Gasteiger partial charge in [-0.3, -0.25) is 4.79 Å². The fourth-order valence-electron chi connectivity index (χ4n) is 5.62. The first-order valence-corrected chi connectivity index (χ1v) is 16.2. The molecular weight excluding hydrogens is 480 g/mol. The van der Waals surface area contributed by atoms with Gasteiger partial charge in [0.2, 0.25) is 0 Å². The number of aliphatic hydroxyl groups is 2. The summed E-state index contributed by atoms with van der Waals surface area (Å²) in [5, 5.41) is 29.6. The molecule has 6 nitrogen and oxygen atoms in total. The highest BCUT2D eigenvalue weighted by molar-refractivity contribution is 5.69.